The molecule has 9 atom stereocenters. The van der Waals surface area contributed by atoms with Crippen molar-refractivity contribution in [1.29, 1.82) is 0 Å². The molecule has 182 valence electrons. The number of aliphatic hydroxyl groups is 3. The number of amides is 1. The first-order valence-corrected chi connectivity index (χ1v) is 12.9. The Labute approximate surface area is 187 Å². The van der Waals surface area contributed by atoms with E-state index in [9.17, 15) is 28.5 Å². The topological polar surface area (TPSA) is 166 Å². The maximum atomic E-state index is 12.9. The number of nitrogens with one attached hydrogen (secondary N) is 1. The minimum Gasteiger partial charge on any atom is -0.391 e. The fourth-order valence-electron chi connectivity index (χ4n) is 4.36. The van der Waals surface area contributed by atoms with Crippen LogP contribution < -0.4 is 5.32 Å². The van der Waals surface area contributed by atoms with Crippen LogP contribution in [0.3, 0.4) is 0 Å². The van der Waals surface area contributed by atoms with Crippen molar-refractivity contribution in [3.8, 4) is 0 Å². The maximum absolute atomic E-state index is 12.9. The number of rotatable bonds is 9. The van der Waals surface area contributed by atoms with Crippen LogP contribution in [0.1, 0.15) is 33.1 Å². The largest absolute Gasteiger partial charge is 0.397 e. The molecular formula is C18H34N2O9S2. The molecule has 0 bridgehead atoms. The van der Waals surface area contributed by atoms with E-state index in [0.717, 1.165) is 31.1 Å². The number of likely N-dealkylation sites (tertiary alicyclic amines) is 1. The van der Waals surface area contributed by atoms with Gasteiger partial charge in [0.1, 0.15) is 29.9 Å². The smallest absolute Gasteiger partial charge is 0.391 e. The van der Waals surface area contributed by atoms with Crippen LogP contribution in [-0.2, 0) is 24.1 Å². The van der Waals surface area contributed by atoms with Gasteiger partial charge in [-0.2, -0.15) is 8.42 Å². The lowest BCUT2D eigenvalue weighted by Crippen LogP contribution is -2.66. The Bertz CT molecular complexity index is 706. The Morgan fingerprint density at radius 3 is 2.52 bits per heavy atom. The van der Waals surface area contributed by atoms with Gasteiger partial charge >= 0.3 is 10.4 Å². The summed E-state index contributed by atoms with van der Waals surface area (Å²) in [7, 11) is -3.06. The molecule has 13 heteroatoms. The molecule has 0 aliphatic carbocycles. The van der Waals surface area contributed by atoms with Gasteiger partial charge in [-0.15, -0.1) is 11.8 Å². The molecular weight excluding hydrogens is 452 g/mol. The van der Waals surface area contributed by atoms with Crippen molar-refractivity contribution < 1.29 is 42.0 Å². The number of carbonyl (C=O) groups is 1. The maximum Gasteiger partial charge on any atom is 0.397 e. The van der Waals surface area contributed by atoms with Gasteiger partial charge < -0.3 is 25.4 Å². The molecule has 2 fully saturated rings. The van der Waals surface area contributed by atoms with Gasteiger partial charge in [0.25, 0.3) is 0 Å². The van der Waals surface area contributed by atoms with E-state index in [4.69, 9.17) is 9.29 Å². The van der Waals surface area contributed by atoms with E-state index in [0.29, 0.717) is 12.3 Å². The van der Waals surface area contributed by atoms with E-state index < -0.39 is 58.4 Å². The molecule has 0 saturated carbocycles. The minimum absolute atomic E-state index is 0.325. The second-order valence-electron chi connectivity index (χ2n) is 8.30. The number of aliphatic hydroxyl groups excluding tert-OH is 3. The third-order valence-electron chi connectivity index (χ3n) is 5.86. The Hall–Kier alpha value is -0.510. The molecule has 2 heterocycles. The zero-order valence-electron chi connectivity index (χ0n) is 18.1. The van der Waals surface area contributed by atoms with Crippen LogP contribution in [0.4, 0.5) is 0 Å². The standard InChI is InChI=1S/C18H34N2O9S2/c1-5-6-10-7-11(20(3)8-10)17(24)19-12(9(2)21)15-13(22)14(23)16(18(28-15)30-4)29-31(25,26)27/h9-16,18,21-23H,5-8H2,1-4H3,(H,19,24)(H,25,26,27)/t9-,10-,11+,12-,13-,14+,15-,16-,18-/m1/s1. The highest BCUT2D eigenvalue weighted by atomic mass is 32.3. The number of thioether (sulfide) groups is 1. The molecule has 2 aliphatic heterocycles. The Kier molecular flexibility index (Phi) is 9.55. The molecule has 31 heavy (non-hydrogen) atoms. The van der Waals surface area contributed by atoms with Crippen molar-refractivity contribution in [2.45, 2.75) is 81.1 Å². The number of hydrogen-bond donors (Lipinski definition) is 5. The van der Waals surface area contributed by atoms with Crippen LogP contribution in [0.5, 0.6) is 0 Å². The summed E-state index contributed by atoms with van der Waals surface area (Å²) in [4.78, 5) is 14.9. The molecule has 1 amide bonds. The fraction of sp³-hybridized carbons (Fsp3) is 0.944. The number of carbonyl (C=O) groups excluding carboxylic acids is 1. The first-order valence-electron chi connectivity index (χ1n) is 10.3. The van der Waals surface area contributed by atoms with Crippen molar-refractivity contribution in [2.75, 3.05) is 19.8 Å². The van der Waals surface area contributed by atoms with Gasteiger partial charge in [0.2, 0.25) is 5.91 Å². The normalized spacial score (nSPS) is 36.8. The quantitative estimate of drug-likeness (QED) is 0.253. The van der Waals surface area contributed by atoms with Gasteiger partial charge in [0.15, 0.2) is 0 Å². The van der Waals surface area contributed by atoms with Crippen LogP contribution >= 0.6 is 11.8 Å². The molecule has 11 nitrogen and oxygen atoms in total. The lowest BCUT2D eigenvalue weighted by atomic mass is 9.92. The lowest BCUT2D eigenvalue weighted by Gasteiger charge is -2.44. The molecule has 5 N–H and O–H groups in total. The average molecular weight is 487 g/mol. The van der Waals surface area contributed by atoms with E-state index in [-0.39, 0.29) is 5.91 Å². The fourth-order valence-corrected chi connectivity index (χ4v) is 5.65. The van der Waals surface area contributed by atoms with Crippen molar-refractivity contribution in [3.05, 3.63) is 0 Å². The highest BCUT2D eigenvalue weighted by Gasteiger charge is 2.51. The Balaban J connectivity index is 2.16. The van der Waals surface area contributed by atoms with Gasteiger partial charge in [0.05, 0.1) is 18.2 Å². The molecule has 0 radical (unpaired) electrons. The highest BCUT2D eigenvalue weighted by molar-refractivity contribution is 7.99. The second-order valence-corrected chi connectivity index (χ2v) is 10.3. The van der Waals surface area contributed by atoms with Crippen LogP contribution in [-0.4, -0.2) is 107 Å². The lowest BCUT2D eigenvalue weighted by molar-refractivity contribution is -0.205. The number of ether oxygens (including phenoxy) is 1. The summed E-state index contributed by atoms with van der Waals surface area (Å²) >= 11 is 0.987. The monoisotopic (exact) mass is 486 g/mol. The molecule has 2 aliphatic rings. The minimum atomic E-state index is -4.91. The van der Waals surface area contributed by atoms with E-state index in [2.05, 4.69) is 16.4 Å². The van der Waals surface area contributed by atoms with Gasteiger partial charge in [-0.05, 0) is 39.0 Å². The molecule has 2 saturated heterocycles. The second kappa shape index (κ2) is 11.1. The van der Waals surface area contributed by atoms with E-state index >= 15 is 0 Å². The van der Waals surface area contributed by atoms with Crippen LogP contribution in [0, 0.1) is 5.92 Å². The zero-order valence-corrected chi connectivity index (χ0v) is 19.8. The van der Waals surface area contributed by atoms with Crippen molar-refractivity contribution in [2.24, 2.45) is 5.92 Å². The Morgan fingerprint density at radius 2 is 2.00 bits per heavy atom. The first-order chi connectivity index (χ1) is 14.4. The third kappa shape index (κ3) is 6.74. The predicted molar refractivity (Wildman–Crippen MR) is 114 cm³/mol. The number of likely N-dealkylation sites (N-methyl/N-ethyl adjacent to an activating group) is 1. The first kappa shape index (κ1) is 26.7. The summed E-state index contributed by atoms with van der Waals surface area (Å²) in [5.74, 6) is 0.0719. The van der Waals surface area contributed by atoms with Gasteiger partial charge in [-0.25, -0.2) is 4.18 Å². The summed E-state index contributed by atoms with van der Waals surface area (Å²) < 4.78 is 41.4. The summed E-state index contributed by atoms with van der Waals surface area (Å²) in [6.45, 7) is 4.29. The van der Waals surface area contributed by atoms with E-state index in [1.54, 1.807) is 6.26 Å². The third-order valence-corrected chi connectivity index (χ3v) is 7.17. The zero-order chi connectivity index (χ0) is 23.5. The molecule has 0 aromatic heterocycles. The molecule has 0 spiro atoms. The van der Waals surface area contributed by atoms with Gasteiger partial charge in [-0.3, -0.25) is 14.2 Å². The number of nitrogens with zero attached hydrogens (tertiary/aromatic N) is 1. The van der Waals surface area contributed by atoms with Crippen molar-refractivity contribution >= 4 is 28.1 Å². The summed E-state index contributed by atoms with van der Waals surface area (Å²) in [6, 6.07) is -1.47. The number of hydrogen-bond acceptors (Lipinski definition) is 10. The van der Waals surface area contributed by atoms with Crippen LogP contribution in [0.15, 0.2) is 0 Å². The molecule has 0 aromatic rings. The van der Waals surface area contributed by atoms with Gasteiger partial charge in [-0.1, -0.05) is 13.3 Å². The summed E-state index contributed by atoms with van der Waals surface area (Å²) in [6.07, 6.45) is -3.13. The van der Waals surface area contributed by atoms with Crippen molar-refractivity contribution in [1.82, 2.24) is 10.2 Å². The summed E-state index contributed by atoms with van der Waals surface area (Å²) in [5.41, 5.74) is -1.09. The van der Waals surface area contributed by atoms with Crippen LogP contribution in [0.25, 0.3) is 0 Å². The SMILES string of the molecule is CCC[C@@H]1C[C@@H](C(=O)N[C@@H]([C@H]2O[C@H](SC)[C@H](OS(=O)(=O)O)[C@@H](O)[C@H]2O)[C@@H](C)O)N(C)C1. The van der Waals surface area contributed by atoms with Crippen LogP contribution in [0.2, 0.25) is 0 Å². The molecule has 0 aromatic carbocycles. The molecule has 0 unspecified atom stereocenters. The summed E-state index contributed by atoms with van der Waals surface area (Å²) in [5, 5.41) is 34.0. The Morgan fingerprint density at radius 1 is 1.35 bits per heavy atom. The predicted octanol–water partition coefficient (Wildman–Crippen LogP) is -1.03. The van der Waals surface area contributed by atoms with Gasteiger partial charge in [0, 0.05) is 6.54 Å². The highest BCUT2D eigenvalue weighted by Crippen LogP contribution is 2.32. The van der Waals surface area contributed by atoms with E-state index in [1.807, 2.05) is 11.9 Å². The van der Waals surface area contributed by atoms with E-state index in [1.165, 1.54) is 6.92 Å². The average Bonchev–Trinajstić information content (AvgIpc) is 3.03. The molecule has 2 rings (SSSR count). The van der Waals surface area contributed by atoms with Crippen molar-refractivity contribution in [3.63, 3.8) is 0 Å².